The molecule has 1 N–H and O–H groups in total. The number of hydrogen-bond acceptors (Lipinski definition) is 2. The molecule has 1 unspecified atom stereocenters. The molecule has 0 aliphatic heterocycles. The van der Waals surface area contributed by atoms with Gasteiger partial charge in [0.05, 0.1) is 0 Å². The number of benzene rings is 1. The SMILES string of the molecule is OC(c1cccnc1)(c1ccccc1Br)C(F)(F)C(F)(F)F. The highest BCUT2D eigenvalue weighted by Crippen LogP contribution is 2.52. The van der Waals surface area contributed by atoms with Gasteiger partial charge in [-0.25, -0.2) is 0 Å². The fraction of sp³-hybridized carbons (Fsp3) is 0.214. The van der Waals surface area contributed by atoms with Crippen molar-refractivity contribution >= 4 is 15.9 Å². The molecule has 0 aliphatic rings. The molecule has 0 amide bonds. The van der Waals surface area contributed by atoms with Crippen molar-refractivity contribution in [2.75, 3.05) is 0 Å². The summed E-state index contributed by atoms with van der Waals surface area (Å²) in [5.41, 5.74) is -4.88. The van der Waals surface area contributed by atoms with E-state index in [0.717, 1.165) is 18.3 Å². The van der Waals surface area contributed by atoms with Gasteiger partial charge in [-0.3, -0.25) is 4.98 Å². The van der Waals surface area contributed by atoms with Gasteiger partial charge >= 0.3 is 12.1 Å². The molecule has 22 heavy (non-hydrogen) atoms. The van der Waals surface area contributed by atoms with Crippen molar-refractivity contribution in [1.29, 1.82) is 0 Å². The quantitative estimate of drug-likeness (QED) is 0.805. The van der Waals surface area contributed by atoms with Gasteiger partial charge in [-0.05, 0) is 12.1 Å². The lowest BCUT2D eigenvalue weighted by molar-refractivity contribution is -0.336. The fourth-order valence-electron chi connectivity index (χ4n) is 2.04. The average molecular weight is 382 g/mol. The van der Waals surface area contributed by atoms with Crippen LogP contribution in [0.4, 0.5) is 22.0 Å². The molecule has 1 atom stereocenters. The second kappa shape index (κ2) is 5.58. The van der Waals surface area contributed by atoms with Crippen LogP contribution in [0, 0.1) is 0 Å². The third-order valence-corrected chi connectivity index (χ3v) is 3.84. The van der Waals surface area contributed by atoms with E-state index in [1.54, 1.807) is 0 Å². The third-order valence-electron chi connectivity index (χ3n) is 3.15. The van der Waals surface area contributed by atoms with Gasteiger partial charge in [0.15, 0.2) is 5.60 Å². The van der Waals surface area contributed by atoms with Crippen molar-refractivity contribution in [3.8, 4) is 0 Å². The molecule has 2 rings (SSSR count). The van der Waals surface area contributed by atoms with E-state index < -0.39 is 28.8 Å². The van der Waals surface area contributed by atoms with Crippen LogP contribution in [0.25, 0.3) is 0 Å². The molecule has 0 radical (unpaired) electrons. The summed E-state index contributed by atoms with van der Waals surface area (Å²) in [6.45, 7) is 0. The highest BCUT2D eigenvalue weighted by atomic mass is 79.9. The Morgan fingerprint density at radius 1 is 0.955 bits per heavy atom. The van der Waals surface area contributed by atoms with Crippen LogP contribution in [0.15, 0.2) is 53.3 Å². The number of pyridine rings is 1. The topological polar surface area (TPSA) is 33.1 Å². The van der Waals surface area contributed by atoms with Crippen LogP contribution >= 0.6 is 15.9 Å². The maximum atomic E-state index is 14.1. The standard InChI is InChI=1S/C14H9BrF5NO/c15-11-6-2-1-5-10(11)12(22,9-4-3-7-21-8-9)13(16,17)14(18,19)20/h1-8,22H. The zero-order valence-electron chi connectivity index (χ0n) is 10.8. The van der Waals surface area contributed by atoms with Crippen LogP contribution in [0.2, 0.25) is 0 Å². The van der Waals surface area contributed by atoms with Crippen molar-refractivity contribution in [2.45, 2.75) is 17.7 Å². The van der Waals surface area contributed by atoms with Crippen LogP contribution in [-0.2, 0) is 5.60 Å². The van der Waals surface area contributed by atoms with Gasteiger partial charge in [-0.2, -0.15) is 22.0 Å². The molecule has 118 valence electrons. The Bertz CT molecular complexity index is 662. The summed E-state index contributed by atoms with van der Waals surface area (Å²) >= 11 is 2.91. The van der Waals surface area contributed by atoms with Crippen LogP contribution < -0.4 is 0 Å². The maximum Gasteiger partial charge on any atom is 0.457 e. The van der Waals surface area contributed by atoms with Gasteiger partial charge in [0.25, 0.3) is 0 Å². The number of aromatic nitrogens is 1. The minimum Gasteiger partial charge on any atom is -0.374 e. The largest absolute Gasteiger partial charge is 0.457 e. The van der Waals surface area contributed by atoms with Crippen molar-refractivity contribution in [3.05, 3.63) is 64.4 Å². The Hall–Kier alpha value is -1.54. The molecule has 1 heterocycles. The Kier molecular flexibility index (Phi) is 4.27. The smallest absolute Gasteiger partial charge is 0.374 e. The zero-order valence-corrected chi connectivity index (χ0v) is 12.4. The summed E-state index contributed by atoms with van der Waals surface area (Å²) in [5, 5.41) is 10.5. The van der Waals surface area contributed by atoms with E-state index >= 15 is 0 Å². The lowest BCUT2D eigenvalue weighted by Crippen LogP contribution is -2.55. The molecular weight excluding hydrogens is 373 g/mol. The maximum absolute atomic E-state index is 14.1. The van der Waals surface area contributed by atoms with Crippen LogP contribution in [0.5, 0.6) is 0 Å². The minimum absolute atomic E-state index is 0.0784. The predicted molar refractivity (Wildman–Crippen MR) is 72.4 cm³/mol. The molecule has 0 bridgehead atoms. The van der Waals surface area contributed by atoms with Crippen LogP contribution in [-0.4, -0.2) is 22.2 Å². The lowest BCUT2D eigenvalue weighted by Gasteiger charge is -2.37. The molecule has 0 fully saturated rings. The number of aliphatic hydroxyl groups is 1. The first-order valence-corrected chi connectivity index (χ1v) is 6.74. The van der Waals surface area contributed by atoms with E-state index in [1.165, 1.54) is 30.5 Å². The Morgan fingerprint density at radius 3 is 2.09 bits per heavy atom. The monoisotopic (exact) mass is 381 g/mol. The first-order valence-electron chi connectivity index (χ1n) is 5.95. The van der Waals surface area contributed by atoms with Crippen LogP contribution in [0.3, 0.4) is 0 Å². The molecule has 1 aromatic carbocycles. The third kappa shape index (κ3) is 2.50. The highest BCUT2D eigenvalue weighted by Gasteiger charge is 2.71. The fourth-order valence-corrected chi connectivity index (χ4v) is 2.61. The van der Waals surface area contributed by atoms with Gasteiger partial charge in [0.2, 0.25) is 0 Å². The molecule has 2 nitrogen and oxygen atoms in total. The van der Waals surface area contributed by atoms with E-state index in [4.69, 9.17) is 0 Å². The first-order chi connectivity index (χ1) is 10.1. The zero-order chi connectivity index (χ0) is 16.6. The van der Waals surface area contributed by atoms with Gasteiger partial charge in [-0.1, -0.05) is 40.2 Å². The number of hydrogen-bond donors (Lipinski definition) is 1. The normalized spacial score (nSPS) is 15.4. The van der Waals surface area contributed by atoms with Crippen molar-refractivity contribution in [1.82, 2.24) is 4.98 Å². The van der Waals surface area contributed by atoms with Crippen molar-refractivity contribution in [2.24, 2.45) is 0 Å². The lowest BCUT2D eigenvalue weighted by atomic mass is 9.81. The number of nitrogens with zero attached hydrogens (tertiary/aromatic N) is 1. The molecule has 2 aromatic rings. The van der Waals surface area contributed by atoms with Crippen LogP contribution in [0.1, 0.15) is 11.1 Å². The van der Waals surface area contributed by atoms with E-state index in [9.17, 15) is 27.1 Å². The summed E-state index contributed by atoms with van der Waals surface area (Å²) in [4.78, 5) is 3.53. The molecule has 0 saturated carbocycles. The van der Waals surface area contributed by atoms with E-state index in [2.05, 4.69) is 20.9 Å². The van der Waals surface area contributed by atoms with Gasteiger partial charge in [0.1, 0.15) is 0 Å². The highest BCUT2D eigenvalue weighted by molar-refractivity contribution is 9.10. The minimum atomic E-state index is -5.95. The average Bonchev–Trinajstić information content (AvgIpc) is 2.46. The van der Waals surface area contributed by atoms with E-state index in [-0.39, 0.29) is 4.47 Å². The Balaban J connectivity index is 2.80. The second-order valence-corrected chi connectivity index (χ2v) is 5.36. The summed E-state index contributed by atoms with van der Waals surface area (Å²) in [7, 11) is 0. The molecule has 8 heteroatoms. The summed E-state index contributed by atoms with van der Waals surface area (Å²) < 4.78 is 66.8. The van der Waals surface area contributed by atoms with Gasteiger partial charge in [0, 0.05) is 28.0 Å². The molecule has 0 saturated heterocycles. The van der Waals surface area contributed by atoms with E-state index in [1.807, 2.05) is 0 Å². The first kappa shape index (κ1) is 16.8. The number of halogens is 6. The number of alkyl halides is 5. The van der Waals surface area contributed by atoms with Crippen molar-refractivity contribution in [3.63, 3.8) is 0 Å². The summed E-state index contributed by atoms with van der Waals surface area (Å²) in [6, 6.07) is 7.09. The molecule has 0 spiro atoms. The molecule has 1 aromatic heterocycles. The van der Waals surface area contributed by atoms with Gasteiger partial charge < -0.3 is 5.11 Å². The van der Waals surface area contributed by atoms with Crippen molar-refractivity contribution < 1.29 is 27.1 Å². The summed E-state index contributed by atoms with van der Waals surface area (Å²) in [6.07, 6.45) is -3.97. The molecular formula is C14H9BrF5NO. The molecule has 0 aliphatic carbocycles. The summed E-state index contributed by atoms with van der Waals surface area (Å²) in [5.74, 6) is -5.42. The Morgan fingerprint density at radius 2 is 1.59 bits per heavy atom. The number of rotatable bonds is 3. The second-order valence-electron chi connectivity index (χ2n) is 4.50. The van der Waals surface area contributed by atoms with E-state index in [0.29, 0.717) is 0 Å². The Labute approximate surface area is 130 Å². The predicted octanol–water partition coefficient (Wildman–Crippen LogP) is 4.28. The van der Waals surface area contributed by atoms with Gasteiger partial charge in [-0.15, -0.1) is 0 Å².